The first-order chi connectivity index (χ1) is 7.39. The third-order valence-corrected chi connectivity index (χ3v) is 2.06. The topological polar surface area (TPSA) is 64.6 Å². The summed E-state index contributed by atoms with van der Waals surface area (Å²) in [5.74, 6) is -3.19. The SMILES string of the molecule is O=C(CCC1CNC1)OOC(=O)C(F)(F)F. The van der Waals surface area contributed by atoms with Gasteiger partial charge in [0.15, 0.2) is 0 Å². The second kappa shape index (κ2) is 5.15. The van der Waals surface area contributed by atoms with Crippen LogP contribution in [-0.4, -0.2) is 31.2 Å². The highest BCUT2D eigenvalue weighted by Gasteiger charge is 2.43. The van der Waals surface area contributed by atoms with Gasteiger partial charge in [-0.2, -0.15) is 13.2 Å². The molecule has 1 fully saturated rings. The Morgan fingerprint density at radius 3 is 2.31 bits per heavy atom. The fraction of sp³-hybridized carbons (Fsp3) is 0.750. The van der Waals surface area contributed by atoms with Crippen molar-refractivity contribution in [3.05, 3.63) is 0 Å². The highest BCUT2D eigenvalue weighted by atomic mass is 19.4. The summed E-state index contributed by atoms with van der Waals surface area (Å²) >= 11 is 0. The lowest BCUT2D eigenvalue weighted by Gasteiger charge is -2.26. The number of halogens is 3. The first kappa shape index (κ1) is 12.8. The minimum absolute atomic E-state index is 0.0719. The molecule has 1 N–H and O–H groups in total. The molecule has 0 aromatic heterocycles. The molecule has 0 radical (unpaired) electrons. The molecular formula is C8H10F3NO4. The van der Waals surface area contributed by atoms with Gasteiger partial charge >= 0.3 is 18.1 Å². The first-order valence-corrected chi connectivity index (χ1v) is 4.59. The molecule has 1 aliphatic heterocycles. The molecule has 0 unspecified atom stereocenters. The summed E-state index contributed by atoms with van der Waals surface area (Å²) in [6.45, 7) is 1.55. The Bertz CT molecular complexity index is 275. The average molecular weight is 241 g/mol. The van der Waals surface area contributed by atoms with Crippen LogP contribution in [0.15, 0.2) is 0 Å². The number of alkyl halides is 3. The van der Waals surface area contributed by atoms with E-state index in [-0.39, 0.29) is 6.42 Å². The zero-order valence-corrected chi connectivity index (χ0v) is 8.17. The first-order valence-electron chi connectivity index (χ1n) is 4.59. The van der Waals surface area contributed by atoms with Crippen molar-refractivity contribution in [3.63, 3.8) is 0 Å². The Labute approximate surface area is 88.8 Å². The molecule has 1 rings (SSSR count). The molecule has 0 atom stereocenters. The number of hydrogen-bond acceptors (Lipinski definition) is 5. The summed E-state index contributed by atoms with van der Waals surface area (Å²) < 4.78 is 34.8. The number of carbonyl (C=O) groups excluding carboxylic acids is 2. The van der Waals surface area contributed by atoms with Crippen molar-refractivity contribution < 1.29 is 32.5 Å². The van der Waals surface area contributed by atoms with E-state index in [1.54, 1.807) is 0 Å². The summed E-state index contributed by atoms with van der Waals surface area (Å²) in [5.41, 5.74) is 0. The van der Waals surface area contributed by atoms with Crippen LogP contribution >= 0.6 is 0 Å². The van der Waals surface area contributed by atoms with E-state index in [0.29, 0.717) is 12.3 Å². The van der Waals surface area contributed by atoms with Crippen molar-refractivity contribution in [1.82, 2.24) is 5.32 Å². The Balaban J connectivity index is 2.12. The Morgan fingerprint density at radius 2 is 1.88 bits per heavy atom. The van der Waals surface area contributed by atoms with Gasteiger partial charge in [-0.1, -0.05) is 0 Å². The van der Waals surface area contributed by atoms with Crippen LogP contribution < -0.4 is 5.32 Å². The predicted molar refractivity (Wildman–Crippen MR) is 43.8 cm³/mol. The van der Waals surface area contributed by atoms with E-state index in [2.05, 4.69) is 15.1 Å². The van der Waals surface area contributed by atoms with E-state index in [9.17, 15) is 22.8 Å². The third-order valence-electron chi connectivity index (χ3n) is 2.06. The van der Waals surface area contributed by atoms with E-state index in [1.165, 1.54) is 0 Å². The minimum Gasteiger partial charge on any atom is -0.316 e. The van der Waals surface area contributed by atoms with E-state index in [1.807, 2.05) is 0 Å². The zero-order valence-electron chi connectivity index (χ0n) is 8.17. The van der Waals surface area contributed by atoms with Crippen LogP contribution in [0.5, 0.6) is 0 Å². The lowest BCUT2D eigenvalue weighted by atomic mass is 9.98. The van der Waals surface area contributed by atoms with Gasteiger partial charge in [0.1, 0.15) is 0 Å². The van der Waals surface area contributed by atoms with Crippen molar-refractivity contribution >= 4 is 11.9 Å². The van der Waals surface area contributed by atoms with Crippen LogP contribution in [0.2, 0.25) is 0 Å². The van der Waals surface area contributed by atoms with Gasteiger partial charge in [0.25, 0.3) is 0 Å². The minimum atomic E-state index is -5.15. The standard InChI is InChI=1S/C8H10F3NO4/c9-8(10,11)7(14)16-15-6(13)2-1-5-3-12-4-5/h5,12H,1-4H2. The Hall–Kier alpha value is -1.31. The van der Waals surface area contributed by atoms with Gasteiger partial charge in [-0.05, 0) is 25.4 Å². The van der Waals surface area contributed by atoms with Gasteiger partial charge < -0.3 is 5.32 Å². The summed E-state index contributed by atoms with van der Waals surface area (Å²) in [5, 5.41) is 2.97. The van der Waals surface area contributed by atoms with Gasteiger partial charge in [-0.3, -0.25) is 0 Å². The van der Waals surface area contributed by atoms with E-state index < -0.39 is 18.1 Å². The van der Waals surface area contributed by atoms with Gasteiger partial charge in [0.2, 0.25) is 0 Å². The number of nitrogens with one attached hydrogen (secondary N) is 1. The smallest absolute Gasteiger partial charge is 0.316 e. The van der Waals surface area contributed by atoms with E-state index in [4.69, 9.17) is 0 Å². The fourth-order valence-corrected chi connectivity index (χ4v) is 1.05. The highest BCUT2D eigenvalue weighted by molar-refractivity contribution is 5.76. The summed E-state index contributed by atoms with van der Waals surface area (Å²) in [6.07, 6.45) is -4.73. The molecule has 16 heavy (non-hydrogen) atoms. The molecule has 1 aliphatic rings. The van der Waals surface area contributed by atoms with Crippen LogP contribution in [0.1, 0.15) is 12.8 Å². The van der Waals surface area contributed by atoms with E-state index >= 15 is 0 Å². The molecule has 1 saturated heterocycles. The second-order valence-corrected chi connectivity index (χ2v) is 3.39. The van der Waals surface area contributed by atoms with Gasteiger partial charge in [0.05, 0.1) is 6.42 Å². The summed E-state index contributed by atoms with van der Waals surface area (Å²) in [6, 6.07) is 0. The second-order valence-electron chi connectivity index (χ2n) is 3.39. The van der Waals surface area contributed by atoms with E-state index in [0.717, 1.165) is 13.1 Å². The molecule has 0 bridgehead atoms. The predicted octanol–water partition coefficient (Wildman–Crippen LogP) is 0.550. The molecule has 0 aliphatic carbocycles. The van der Waals surface area contributed by atoms with Gasteiger partial charge in [-0.15, -0.1) is 0 Å². The van der Waals surface area contributed by atoms with Crippen LogP contribution in [0, 0.1) is 5.92 Å². The molecular weight excluding hydrogens is 231 g/mol. The molecule has 0 aromatic rings. The molecule has 92 valence electrons. The number of hydrogen-bond donors (Lipinski definition) is 1. The Kier molecular flexibility index (Phi) is 4.11. The number of carbonyl (C=O) groups is 2. The van der Waals surface area contributed by atoms with Crippen molar-refractivity contribution in [2.24, 2.45) is 5.92 Å². The van der Waals surface area contributed by atoms with Crippen molar-refractivity contribution in [3.8, 4) is 0 Å². The largest absolute Gasteiger partial charge is 0.495 e. The maximum absolute atomic E-state index is 11.6. The molecule has 8 heteroatoms. The lowest BCUT2D eigenvalue weighted by molar-refractivity contribution is -0.286. The lowest BCUT2D eigenvalue weighted by Crippen LogP contribution is -2.42. The Morgan fingerprint density at radius 1 is 1.25 bits per heavy atom. The summed E-state index contributed by atoms with van der Waals surface area (Å²) in [4.78, 5) is 28.0. The molecule has 0 amide bonds. The van der Waals surface area contributed by atoms with Crippen molar-refractivity contribution in [1.29, 1.82) is 0 Å². The quantitative estimate of drug-likeness (QED) is 0.577. The van der Waals surface area contributed by atoms with Crippen LogP contribution in [0.3, 0.4) is 0 Å². The molecule has 0 spiro atoms. The van der Waals surface area contributed by atoms with Crippen molar-refractivity contribution in [2.45, 2.75) is 19.0 Å². The van der Waals surface area contributed by atoms with Gasteiger partial charge in [-0.25, -0.2) is 19.4 Å². The molecule has 1 heterocycles. The third kappa shape index (κ3) is 4.05. The van der Waals surface area contributed by atoms with Gasteiger partial charge in [0, 0.05) is 0 Å². The molecule has 5 nitrogen and oxygen atoms in total. The van der Waals surface area contributed by atoms with Crippen LogP contribution in [0.4, 0.5) is 13.2 Å². The fourth-order valence-electron chi connectivity index (χ4n) is 1.05. The van der Waals surface area contributed by atoms with Crippen molar-refractivity contribution in [2.75, 3.05) is 13.1 Å². The monoisotopic (exact) mass is 241 g/mol. The normalized spacial score (nSPS) is 16.4. The highest BCUT2D eigenvalue weighted by Crippen LogP contribution is 2.17. The average Bonchev–Trinajstić information content (AvgIpc) is 2.10. The summed E-state index contributed by atoms with van der Waals surface area (Å²) in [7, 11) is 0. The van der Waals surface area contributed by atoms with Crippen LogP contribution in [0.25, 0.3) is 0 Å². The molecule has 0 saturated carbocycles. The zero-order chi connectivity index (χ0) is 12.2. The maximum atomic E-state index is 11.6. The molecule has 0 aromatic carbocycles. The maximum Gasteiger partial charge on any atom is 0.495 e. The number of rotatable bonds is 3. The van der Waals surface area contributed by atoms with Crippen LogP contribution in [-0.2, 0) is 19.4 Å².